The van der Waals surface area contributed by atoms with Crippen LogP contribution < -0.4 is 0 Å². The number of carbonyl (C=O) groups excluding carboxylic acids is 2. The van der Waals surface area contributed by atoms with Gasteiger partial charge in [0.2, 0.25) is 6.29 Å². The molecule has 0 saturated carbocycles. The highest BCUT2D eigenvalue weighted by molar-refractivity contribution is 5.60. The molecular formula is C26H42O7. The second-order valence-electron chi connectivity index (χ2n) is 8.27. The summed E-state index contributed by atoms with van der Waals surface area (Å²) in [4.78, 5) is 23.2. The third kappa shape index (κ3) is 21.1. The standard InChI is InChI=1S/C26H42O7/c1-20(2)10-8-12-22(5)14-16-30-25(27)32-19-18-29-24(7)33-26(28)31-17-15-23(6)13-9-11-21(3)4/h10-11,14-15,24H,8-9,12-13,16-19H2,1-7H3/b22-14+,23-15+. The number of rotatable bonds is 15. The van der Waals surface area contributed by atoms with Gasteiger partial charge in [-0.05, 0) is 86.3 Å². The number of ether oxygens (including phenoxy) is 5. The molecule has 7 heteroatoms. The fourth-order valence-electron chi connectivity index (χ4n) is 2.47. The van der Waals surface area contributed by atoms with Gasteiger partial charge in [-0.15, -0.1) is 0 Å². The van der Waals surface area contributed by atoms with Crippen molar-refractivity contribution in [2.24, 2.45) is 0 Å². The predicted molar refractivity (Wildman–Crippen MR) is 130 cm³/mol. The van der Waals surface area contributed by atoms with Crippen molar-refractivity contribution < 1.29 is 33.3 Å². The summed E-state index contributed by atoms with van der Waals surface area (Å²) in [5, 5.41) is 0. The van der Waals surface area contributed by atoms with Crippen LogP contribution in [0.25, 0.3) is 0 Å². The van der Waals surface area contributed by atoms with E-state index < -0.39 is 18.6 Å². The quantitative estimate of drug-likeness (QED) is 0.111. The Balaban J connectivity index is 3.88. The first-order valence-electron chi connectivity index (χ1n) is 11.4. The van der Waals surface area contributed by atoms with Gasteiger partial charge in [0.1, 0.15) is 19.8 Å². The van der Waals surface area contributed by atoms with Crippen molar-refractivity contribution in [3.05, 3.63) is 46.6 Å². The number of allylic oxidation sites excluding steroid dienone is 6. The Labute approximate surface area is 199 Å². The zero-order chi connectivity index (χ0) is 25.1. The molecule has 188 valence electrons. The summed E-state index contributed by atoms with van der Waals surface area (Å²) in [6.45, 7) is 14.2. The van der Waals surface area contributed by atoms with E-state index in [1.54, 1.807) is 6.92 Å². The van der Waals surface area contributed by atoms with Gasteiger partial charge in [-0.2, -0.15) is 0 Å². The van der Waals surface area contributed by atoms with Gasteiger partial charge in [0.05, 0.1) is 6.61 Å². The van der Waals surface area contributed by atoms with E-state index in [1.165, 1.54) is 11.1 Å². The van der Waals surface area contributed by atoms with Crippen molar-refractivity contribution in [2.75, 3.05) is 26.4 Å². The molecule has 0 aliphatic carbocycles. The molecule has 0 amide bonds. The third-order valence-corrected chi connectivity index (χ3v) is 4.37. The molecule has 0 bridgehead atoms. The molecule has 0 spiro atoms. The summed E-state index contributed by atoms with van der Waals surface area (Å²) in [5.41, 5.74) is 4.86. The Kier molecular flexibility index (Phi) is 17.5. The van der Waals surface area contributed by atoms with E-state index in [4.69, 9.17) is 23.7 Å². The molecule has 0 heterocycles. The van der Waals surface area contributed by atoms with Crippen molar-refractivity contribution in [1.29, 1.82) is 0 Å². The van der Waals surface area contributed by atoms with Gasteiger partial charge in [0.25, 0.3) is 0 Å². The average Bonchev–Trinajstić information content (AvgIpc) is 2.70. The molecule has 0 fully saturated rings. The van der Waals surface area contributed by atoms with Crippen molar-refractivity contribution >= 4 is 12.3 Å². The van der Waals surface area contributed by atoms with Crippen molar-refractivity contribution in [2.45, 2.75) is 80.4 Å². The van der Waals surface area contributed by atoms with Gasteiger partial charge in [-0.1, -0.05) is 34.4 Å². The first kappa shape index (κ1) is 30.5. The van der Waals surface area contributed by atoms with E-state index in [9.17, 15) is 9.59 Å². The van der Waals surface area contributed by atoms with E-state index in [0.717, 1.165) is 36.8 Å². The van der Waals surface area contributed by atoms with Crippen molar-refractivity contribution in [3.63, 3.8) is 0 Å². The maximum absolute atomic E-state index is 11.7. The summed E-state index contributed by atoms with van der Waals surface area (Å²) in [6.07, 6.45) is 9.39. The summed E-state index contributed by atoms with van der Waals surface area (Å²) < 4.78 is 25.2. The summed E-state index contributed by atoms with van der Waals surface area (Å²) in [6, 6.07) is 0. The van der Waals surface area contributed by atoms with Crippen LogP contribution in [0, 0.1) is 0 Å². The lowest BCUT2D eigenvalue weighted by Gasteiger charge is -2.13. The Morgan fingerprint density at radius 3 is 1.64 bits per heavy atom. The fourth-order valence-corrected chi connectivity index (χ4v) is 2.47. The summed E-state index contributed by atoms with van der Waals surface area (Å²) in [7, 11) is 0. The molecule has 33 heavy (non-hydrogen) atoms. The lowest BCUT2D eigenvalue weighted by Crippen LogP contribution is -2.22. The molecule has 0 N–H and O–H groups in total. The first-order chi connectivity index (χ1) is 15.6. The van der Waals surface area contributed by atoms with Crippen LogP contribution in [0.4, 0.5) is 9.59 Å². The van der Waals surface area contributed by atoms with Crippen LogP contribution in [0.1, 0.15) is 74.1 Å². The van der Waals surface area contributed by atoms with E-state index in [0.29, 0.717) is 0 Å². The fraction of sp³-hybridized carbons (Fsp3) is 0.615. The van der Waals surface area contributed by atoms with Gasteiger partial charge >= 0.3 is 12.3 Å². The van der Waals surface area contributed by atoms with Gasteiger partial charge < -0.3 is 23.7 Å². The molecule has 0 aromatic rings. The van der Waals surface area contributed by atoms with E-state index >= 15 is 0 Å². The Hall–Kier alpha value is -2.54. The van der Waals surface area contributed by atoms with Crippen LogP contribution in [-0.2, 0) is 23.7 Å². The van der Waals surface area contributed by atoms with Gasteiger partial charge in [-0.3, -0.25) is 0 Å². The Bertz CT molecular complexity index is 693. The molecular weight excluding hydrogens is 424 g/mol. The van der Waals surface area contributed by atoms with E-state index in [-0.39, 0.29) is 26.4 Å². The lowest BCUT2D eigenvalue weighted by molar-refractivity contribution is -0.117. The number of carbonyl (C=O) groups is 2. The highest BCUT2D eigenvalue weighted by Crippen LogP contribution is 2.08. The normalized spacial score (nSPS) is 12.5. The minimum atomic E-state index is -0.828. The second kappa shape index (κ2) is 19.0. The maximum Gasteiger partial charge on any atom is 0.510 e. The number of hydrogen-bond acceptors (Lipinski definition) is 7. The zero-order valence-corrected chi connectivity index (χ0v) is 21.4. The molecule has 0 saturated heterocycles. The van der Waals surface area contributed by atoms with Gasteiger partial charge in [0, 0.05) is 0 Å². The zero-order valence-electron chi connectivity index (χ0n) is 21.4. The minimum Gasteiger partial charge on any atom is -0.432 e. The Morgan fingerprint density at radius 2 is 1.15 bits per heavy atom. The van der Waals surface area contributed by atoms with Crippen LogP contribution in [0.3, 0.4) is 0 Å². The third-order valence-electron chi connectivity index (χ3n) is 4.37. The van der Waals surface area contributed by atoms with Crippen LogP contribution in [0.5, 0.6) is 0 Å². The van der Waals surface area contributed by atoms with Crippen LogP contribution in [-0.4, -0.2) is 45.0 Å². The predicted octanol–water partition coefficient (Wildman–Crippen LogP) is 7.04. The van der Waals surface area contributed by atoms with Gasteiger partial charge in [-0.25, -0.2) is 9.59 Å². The van der Waals surface area contributed by atoms with Crippen LogP contribution in [0.2, 0.25) is 0 Å². The molecule has 1 unspecified atom stereocenters. The molecule has 7 nitrogen and oxygen atoms in total. The topological polar surface area (TPSA) is 80.3 Å². The minimum absolute atomic E-state index is 0.0154. The van der Waals surface area contributed by atoms with Crippen molar-refractivity contribution in [3.8, 4) is 0 Å². The Morgan fingerprint density at radius 1 is 0.667 bits per heavy atom. The molecule has 0 rings (SSSR count). The van der Waals surface area contributed by atoms with E-state index in [2.05, 4.69) is 39.8 Å². The van der Waals surface area contributed by atoms with Gasteiger partial charge in [0.15, 0.2) is 0 Å². The van der Waals surface area contributed by atoms with Crippen molar-refractivity contribution in [1.82, 2.24) is 0 Å². The highest BCUT2D eigenvalue weighted by atomic mass is 16.8. The molecule has 0 aliphatic heterocycles. The molecule has 0 aliphatic rings. The molecule has 0 radical (unpaired) electrons. The maximum atomic E-state index is 11.7. The highest BCUT2D eigenvalue weighted by Gasteiger charge is 2.11. The van der Waals surface area contributed by atoms with E-state index in [1.807, 2.05) is 26.0 Å². The smallest absolute Gasteiger partial charge is 0.432 e. The first-order valence-corrected chi connectivity index (χ1v) is 11.4. The monoisotopic (exact) mass is 466 g/mol. The van der Waals surface area contributed by atoms with Crippen LogP contribution >= 0.6 is 0 Å². The van der Waals surface area contributed by atoms with Crippen LogP contribution in [0.15, 0.2) is 46.6 Å². The molecule has 1 atom stereocenters. The lowest BCUT2D eigenvalue weighted by atomic mass is 10.1. The summed E-state index contributed by atoms with van der Waals surface area (Å²) in [5.74, 6) is 0. The SMILES string of the molecule is CC(C)=CCC/C(C)=C/COC(=O)OCCOC(C)OC(=O)OC/C=C(\C)CCC=C(C)C. The number of hydrogen-bond donors (Lipinski definition) is 0. The average molecular weight is 467 g/mol. The molecule has 0 aromatic heterocycles. The summed E-state index contributed by atoms with van der Waals surface area (Å²) >= 11 is 0. The second-order valence-corrected chi connectivity index (χ2v) is 8.27. The largest absolute Gasteiger partial charge is 0.510 e. The molecule has 0 aromatic carbocycles.